The van der Waals surface area contributed by atoms with Crippen molar-refractivity contribution in [3.8, 4) is 0 Å². The number of halogens is 1. The number of nitrogens with one attached hydrogen (secondary N) is 4. The molecule has 7 heteroatoms. The Balaban J connectivity index is 2.11. The SMILES string of the molecule is CCCCNC(=S)NNC(=S)NCCc1ccc(Cl)cc1. The molecule has 0 aliphatic rings. The third-order valence-electron chi connectivity index (χ3n) is 2.72. The molecule has 0 fully saturated rings. The van der Waals surface area contributed by atoms with Crippen LogP contribution in [0.3, 0.4) is 0 Å². The second-order valence-electron chi connectivity index (χ2n) is 4.49. The van der Waals surface area contributed by atoms with Crippen LogP contribution in [0.5, 0.6) is 0 Å². The van der Waals surface area contributed by atoms with Gasteiger partial charge >= 0.3 is 0 Å². The zero-order chi connectivity index (χ0) is 15.5. The second-order valence-corrected chi connectivity index (χ2v) is 5.74. The number of hydrazine groups is 1. The normalized spacial score (nSPS) is 9.81. The summed E-state index contributed by atoms with van der Waals surface area (Å²) < 4.78 is 0. The van der Waals surface area contributed by atoms with E-state index in [9.17, 15) is 0 Å². The molecule has 0 atom stereocenters. The number of hydrogen-bond acceptors (Lipinski definition) is 2. The summed E-state index contributed by atoms with van der Waals surface area (Å²) >= 11 is 16.1. The van der Waals surface area contributed by atoms with Crippen LogP contribution in [0.15, 0.2) is 24.3 Å². The highest BCUT2D eigenvalue weighted by atomic mass is 35.5. The number of benzene rings is 1. The molecule has 0 aliphatic carbocycles. The maximum atomic E-state index is 5.84. The Bertz CT molecular complexity index is 451. The van der Waals surface area contributed by atoms with Crippen molar-refractivity contribution < 1.29 is 0 Å². The molecule has 0 heterocycles. The minimum Gasteiger partial charge on any atom is -0.361 e. The van der Waals surface area contributed by atoms with Crippen LogP contribution in [0.4, 0.5) is 0 Å². The van der Waals surface area contributed by atoms with Gasteiger partial charge in [-0.25, -0.2) is 0 Å². The van der Waals surface area contributed by atoms with Gasteiger partial charge in [0.2, 0.25) is 0 Å². The summed E-state index contributed by atoms with van der Waals surface area (Å²) in [4.78, 5) is 0. The molecular formula is C14H21ClN4S2. The summed E-state index contributed by atoms with van der Waals surface area (Å²) in [6.45, 7) is 3.74. The van der Waals surface area contributed by atoms with Gasteiger partial charge in [-0.2, -0.15) is 0 Å². The summed E-state index contributed by atoms with van der Waals surface area (Å²) in [5.74, 6) is 0. The van der Waals surface area contributed by atoms with Crippen molar-refractivity contribution >= 4 is 46.3 Å². The lowest BCUT2D eigenvalue weighted by molar-refractivity contribution is 0.724. The Morgan fingerprint density at radius 1 is 1.00 bits per heavy atom. The summed E-state index contributed by atoms with van der Waals surface area (Å²) in [5.41, 5.74) is 6.90. The minimum atomic E-state index is 0.517. The van der Waals surface area contributed by atoms with Gasteiger partial charge in [0.05, 0.1) is 0 Å². The highest BCUT2D eigenvalue weighted by molar-refractivity contribution is 7.80. The van der Waals surface area contributed by atoms with E-state index in [-0.39, 0.29) is 0 Å². The summed E-state index contributed by atoms with van der Waals surface area (Å²) in [5, 5.41) is 8.00. The van der Waals surface area contributed by atoms with E-state index in [0.717, 1.165) is 37.4 Å². The Morgan fingerprint density at radius 3 is 2.14 bits per heavy atom. The molecule has 0 aliphatic heterocycles. The smallest absolute Gasteiger partial charge is 0.185 e. The molecule has 0 spiro atoms. The van der Waals surface area contributed by atoms with E-state index in [2.05, 4.69) is 28.4 Å². The molecule has 1 rings (SSSR count). The van der Waals surface area contributed by atoms with Crippen LogP contribution in [0.1, 0.15) is 25.3 Å². The van der Waals surface area contributed by atoms with Gasteiger partial charge in [0.15, 0.2) is 10.2 Å². The van der Waals surface area contributed by atoms with Crippen LogP contribution >= 0.6 is 36.0 Å². The lowest BCUT2D eigenvalue weighted by Crippen LogP contribution is -2.50. The first kappa shape index (κ1) is 17.9. The van der Waals surface area contributed by atoms with E-state index in [4.69, 9.17) is 36.0 Å². The maximum Gasteiger partial charge on any atom is 0.185 e. The van der Waals surface area contributed by atoms with Crippen LogP contribution < -0.4 is 21.5 Å². The van der Waals surface area contributed by atoms with E-state index in [1.54, 1.807) is 0 Å². The van der Waals surface area contributed by atoms with E-state index in [1.807, 2.05) is 24.3 Å². The average Bonchev–Trinajstić information content (AvgIpc) is 2.47. The molecule has 0 radical (unpaired) electrons. The molecule has 116 valence electrons. The molecule has 1 aromatic rings. The fraction of sp³-hybridized carbons (Fsp3) is 0.429. The fourth-order valence-electron chi connectivity index (χ4n) is 1.55. The molecule has 21 heavy (non-hydrogen) atoms. The summed E-state index contributed by atoms with van der Waals surface area (Å²) in [6.07, 6.45) is 3.09. The lowest BCUT2D eigenvalue weighted by atomic mass is 10.1. The third-order valence-corrected chi connectivity index (χ3v) is 3.46. The highest BCUT2D eigenvalue weighted by Gasteiger charge is 1.98. The number of hydrogen-bond donors (Lipinski definition) is 4. The molecule has 0 unspecified atom stereocenters. The first-order valence-electron chi connectivity index (χ1n) is 6.94. The lowest BCUT2D eigenvalue weighted by Gasteiger charge is -2.14. The van der Waals surface area contributed by atoms with Gasteiger partial charge in [-0.3, -0.25) is 10.9 Å². The Morgan fingerprint density at radius 2 is 1.57 bits per heavy atom. The number of rotatable bonds is 6. The molecule has 0 saturated carbocycles. The van der Waals surface area contributed by atoms with Gasteiger partial charge < -0.3 is 10.6 Å². The second kappa shape index (κ2) is 10.6. The first-order valence-corrected chi connectivity index (χ1v) is 8.13. The van der Waals surface area contributed by atoms with Crippen LogP contribution in [0.25, 0.3) is 0 Å². The molecule has 4 nitrogen and oxygen atoms in total. The molecule has 4 N–H and O–H groups in total. The maximum absolute atomic E-state index is 5.84. The Kier molecular flexibility index (Phi) is 9.05. The minimum absolute atomic E-state index is 0.517. The molecule has 0 saturated heterocycles. The van der Waals surface area contributed by atoms with Gasteiger partial charge in [0.25, 0.3) is 0 Å². The van der Waals surface area contributed by atoms with Gasteiger partial charge in [0.1, 0.15) is 0 Å². The summed E-state index contributed by atoms with van der Waals surface area (Å²) in [7, 11) is 0. The van der Waals surface area contributed by atoms with E-state index in [0.29, 0.717) is 10.2 Å². The monoisotopic (exact) mass is 344 g/mol. The van der Waals surface area contributed by atoms with E-state index >= 15 is 0 Å². The van der Waals surface area contributed by atoms with Gasteiger partial charge in [-0.1, -0.05) is 37.1 Å². The van der Waals surface area contributed by atoms with Gasteiger partial charge in [-0.15, -0.1) is 0 Å². The number of thiocarbonyl (C=S) groups is 2. The highest BCUT2D eigenvalue weighted by Crippen LogP contribution is 2.09. The van der Waals surface area contributed by atoms with Crippen LogP contribution in [0.2, 0.25) is 5.02 Å². The van der Waals surface area contributed by atoms with Crippen molar-refractivity contribution in [3.63, 3.8) is 0 Å². The molecule has 1 aromatic carbocycles. The predicted octanol–water partition coefficient (Wildman–Crippen LogP) is 2.53. The molecule has 0 aromatic heterocycles. The molecule has 0 bridgehead atoms. The van der Waals surface area contributed by atoms with E-state index in [1.165, 1.54) is 5.56 Å². The van der Waals surface area contributed by atoms with Crippen LogP contribution in [-0.2, 0) is 6.42 Å². The van der Waals surface area contributed by atoms with Crippen molar-refractivity contribution in [2.75, 3.05) is 13.1 Å². The van der Waals surface area contributed by atoms with E-state index < -0.39 is 0 Å². The van der Waals surface area contributed by atoms with Gasteiger partial charge in [-0.05, 0) is 55.0 Å². The van der Waals surface area contributed by atoms with Gasteiger partial charge in [0, 0.05) is 18.1 Å². The zero-order valence-electron chi connectivity index (χ0n) is 12.0. The fourth-order valence-corrected chi connectivity index (χ4v) is 1.98. The first-order chi connectivity index (χ1) is 10.1. The topological polar surface area (TPSA) is 48.1 Å². The van der Waals surface area contributed by atoms with Crippen molar-refractivity contribution in [2.45, 2.75) is 26.2 Å². The van der Waals surface area contributed by atoms with Crippen LogP contribution in [0, 0.1) is 0 Å². The molecular weight excluding hydrogens is 324 g/mol. The quantitative estimate of drug-likeness (QED) is 0.361. The third kappa shape index (κ3) is 8.70. The molecule has 0 amide bonds. The largest absolute Gasteiger partial charge is 0.361 e. The standard InChI is InChI=1S/C14H21ClN4S2/c1-2-3-9-16-13(20)18-19-14(21)17-10-8-11-4-6-12(15)7-5-11/h4-7H,2-3,8-10H2,1H3,(H2,16,18,20)(H2,17,19,21). The Labute approximate surface area is 142 Å². The average molecular weight is 345 g/mol. The van der Waals surface area contributed by atoms with Crippen molar-refractivity contribution in [3.05, 3.63) is 34.9 Å². The zero-order valence-corrected chi connectivity index (χ0v) is 14.4. The Hall–Kier alpha value is -1.11. The van der Waals surface area contributed by atoms with Crippen molar-refractivity contribution in [1.29, 1.82) is 0 Å². The number of unbranched alkanes of at least 4 members (excludes halogenated alkanes) is 1. The van der Waals surface area contributed by atoms with Crippen molar-refractivity contribution in [2.24, 2.45) is 0 Å². The van der Waals surface area contributed by atoms with Crippen LogP contribution in [-0.4, -0.2) is 23.3 Å². The van der Waals surface area contributed by atoms with Crippen molar-refractivity contribution in [1.82, 2.24) is 21.5 Å². The summed E-state index contributed by atoms with van der Waals surface area (Å²) in [6, 6.07) is 7.78. The predicted molar refractivity (Wildman–Crippen MR) is 97.5 cm³/mol.